The average Bonchev–Trinajstić information content (AvgIpc) is 2.31. The molecule has 5 nitrogen and oxygen atoms in total. The Morgan fingerprint density at radius 1 is 1.17 bits per heavy atom. The summed E-state index contributed by atoms with van der Waals surface area (Å²) >= 11 is 0. The largest absolute Gasteiger partial charge is 0.481 e. The Morgan fingerprint density at radius 2 is 1.89 bits per heavy atom. The summed E-state index contributed by atoms with van der Waals surface area (Å²) in [6, 6.07) is 0. The molecule has 0 saturated heterocycles. The first-order chi connectivity index (χ1) is 8.60. The minimum absolute atomic E-state index is 0.155. The highest BCUT2D eigenvalue weighted by Crippen LogP contribution is 2.12. The first-order valence-electron chi connectivity index (χ1n) is 6.50. The van der Waals surface area contributed by atoms with Crippen LogP contribution in [-0.4, -0.2) is 36.9 Å². The van der Waals surface area contributed by atoms with Crippen LogP contribution in [0.3, 0.4) is 0 Å². The lowest BCUT2D eigenvalue weighted by atomic mass is 10.1. The van der Waals surface area contributed by atoms with Gasteiger partial charge >= 0.3 is 11.9 Å². The lowest BCUT2D eigenvalue weighted by Gasteiger charge is -2.17. The molecule has 5 heteroatoms. The summed E-state index contributed by atoms with van der Waals surface area (Å²) in [7, 11) is 1.61. The zero-order chi connectivity index (χ0) is 13.8. The van der Waals surface area contributed by atoms with E-state index >= 15 is 0 Å². The van der Waals surface area contributed by atoms with Gasteiger partial charge in [0.05, 0.1) is 0 Å². The second kappa shape index (κ2) is 11.0. The van der Waals surface area contributed by atoms with E-state index in [0.717, 1.165) is 12.8 Å². The van der Waals surface area contributed by atoms with Crippen molar-refractivity contribution in [2.75, 3.05) is 13.7 Å². The van der Waals surface area contributed by atoms with Crippen molar-refractivity contribution in [3.63, 3.8) is 0 Å². The fraction of sp³-hybridized carbons (Fsp3) is 0.846. The van der Waals surface area contributed by atoms with E-state index in [0.29, 0.717) is 32.3 Å². The Balaban J connectivity index is 3.90. The van der Waals surface area contributed by atoms with Crippen LogP contribution in [0, 0.1) is 0 Å². The number of carboxylic acid groups (broad SMARTS) is 1. The molecule has 0 unspecified atom stereocenters. The third-order valence-corrected chi connectivity index (χ3v) is 2.56. The van der Waals surface area contributed by atoms with Crippen LogP contribution in [0.5, 0.6) is 0 Å². The second-order valence-electron chi connectivity index (χ2n) is 4.28. The minimum Gasteiger partial charge on any atom is -0.481 e. The predicted molar refractivity (Wildman–Crippen MR) is 67.4 cm³/mol. The number of hydrogen-bond acceptors (Lipinski definition) is 4. The molecule has 0 amide bonds. The summed E-state index contributed by atoms with van der Waals surface area (Å²) in [6.07, 6.45) is 3.95. The summed E-state index contributed by atoms with van der Waals surface area (Å²) in [6.45, 7) is 2.47. The Bertz CT molecular complexity index is 240. The van der Waals surface area contributed by atoms with Crippen molar-refractivity contribution in [2.45, 2.75) is 58.0 Å². The highest BCUT2D eigenvalue weighted by atomic mass is 16.5. The quantitative estimate of drug-likeness (QED) is 0.456. The third-order valence-electron chi connectivity index (χ3n) is 2.56. The summed E-state index contributed by atoms with van der Waals surface area (Å²) in [4.78, 5) is 21.8. The molecule has 0 saturated carbocycles. The number of aliphatic carboxylic acids is 1. The first-order valence-corrected chi connectivity index (χ1v) is 6.50. The van der Waals surface area contributed by atoms with E-state index < -0.39 is 5.97 Å². The van der Waals surface area contributed by atoms with E-state index in [9.17, 15) is 9.59 Å². The molecule has 0 aromatic rings. The van der Waals surface area contributed by atoms with E-state index in [1.165, 1.54) is 0 Å². The maximum Gasteiger partial charge on any atom is 0.306 e. The molecule has 0 aliphatic rings. The van der Waals surface area contributed by atoms with Crippen LogP contribution in [0.1, 0.15) is 51.9 Å². The van der Waals surface area contributed by atoms with Gasteiger partial charge in [-0.05, 0) is 25.7 Å². The van der Waals surface area contributed by atoms with Gasteiger partial charge in [0.25, 0.3) is 0 Å². The Hall–Kier alpha value is -1.10. The first kappa shape index (κ1) is 16.9. The molecule has 0 bridgehead atoms. The summed E-state index contributed by atoms with van der Waals surface area (Å²) in [5, 5.41) is 8.53. The zero-order valence-electron chi connectivity index (χ0n) is 11.3. The third kappa shape index (κ3) is 10.1. The molecule has 0 fully saturated rings. The number of esters is 1. The molecular weight excluding hydrogens is 236 g/mol. The number of ether oxygens (including phenoxy) is 2. The lowest BCUT2D eigenvalue weighted by Crippen LogP contribution is -2.20. The van der Waals surface area contributed by atoms with Gasteiger partial charge in [-0.3, -0.25) is 9.59 Å². The molecule has 0 spiro atoms. The zero-order valence-corrected chi connectivity index (χ0v) is 11.3. The summed E-state index contributed by atoms with van der Waals surface area (Å²) in [5.41, 5.74) is 0. The normalized spacial score (nSPS) is 12.1. The smallest absolute Gasteiger partial charge is 0.306 e. The predicted octanol–water partition coefficient (Wildman–Crippen LogP) is 2.38. The number of carboxylic acids is 1. The molecule has 1 N–H and O–H groups in total. The molecular formula is C13H24O5. The monoisotopic (exact) mass is 260 g/mol. The Kier molecular flexibility index (Phi) is 10.3. The molecule has 18 heavy (non-hydrogen) atoms. The number of carbonyl (C=O) groups excluding carboxylic acids is 1. The van der Waals surface area contributed by atoms with Gasteiger partial charge in [0.2, 0.25) is 0 Å². The maximum atomic E-state index is 11.4. The number of unbranched alkanes of at least 4 members (excludes halogenated alkanes) is 1. The van der Waals surface area contributed by atoms with Gasteiger partial charge in [0.1, 0.15) is 6.10 Å². The van der Waals surface area contributed by atoms with Gasteiger partial charge in [0.15, 0.2) is 0 Å². The van der Waals surface area contributed by atoms with Crippen molar-refractivity contribution in [3.8, 4) is 0 Å². The van der Waals surface area contributed by atoms with E-state index in [-0.39, 0.29) is 18.5 Å². The molecule has 1 atom stereocenters. The minimum atomic E-state index is -0.786. The van der Waals surface area contributed by atoms with Crippen LogP contribution >= 0.6 is 0 Å². The van der Waals surface area contributed by atoms with Gasteiger partial charge in [-0.25, -0.2) is 0 Å². The van der Waals surface area contributed by atoms with Crippen molar-refractivity contribution >= 4 is 11.9 Å². The Labute approximate surface area is 108 Å². The molecule has 0 aromatic carbocycles. The van der Waals surface area contributed by atoms with Crippen LogP contribution in [0.2, 0.25) is 0 Å². The summed E-state index contributed by atoms with van der Waals surface area (Å²) in [5.74, 6) is -0.969. The topological polar surface area (TPSA) is 72.8 Å². The van der Waals surface area contributed by atoms with E-state index in [2.05, 4.69) is 0 Å². The number of carbonyl (C=O) groups is 2. The van der Waals surface area contributed by atoms with Crippen molar-refractivity contribution in [2.24, 2.45) is 0 Å². The number of rotatable bonds is 11. The van der Waals surface area contributed by atoms with Crippen molar-refractivity contribution in [3.05, 3.63) is 0 Å². The fourth-order valence-corrected chi connectivity index (χ4v) is 1.61. The number of methoxy groups -OCH3 is 1. The molecule has 0 radical (unpaired) electrons. The van der Waals surface area contributed by atoms with Crippen LogP contribution < -0.4 is 0 Å². The van der Waals surface area contributed by atoms with Crippen molar-refractivity contribution in [1.82, 2.24) is 0 Å². The molecule has 0 aliphatic carbocycles. The van der Waals surface area contributed by atoms with Gasteiger partial charge < -0.3 is 14.6 Å². The van der Waals surface area contributed by atoms with Crippen molar-refractivity contribution in [1.29, 1.82) is 0 Å². The van der Waals surface area contributed by atoms with E-state index in [1.807, 2.05) is 6.92 Å². The molecule has 0 aliphatic heterocycles. The average molecular weight is 260 g/mol. The highest BCUT2D eigenvalue weighted by molar-refractivity contribution is 5.69. The molecule has 0 aromatic heterocycles. The van der Waals surface area contributed by atoms with Gasteiger partial charge in [-0.1, -0.05) is 6.92 Å². The molecule has 106 valence electrons. The van der Waals surface area contributed by atoms with Gasteiger partial charge in [-0.15, -0.1) is 0 Å². The van der Waals surface area contributed by atoms with Gasteiger partial charge in [0, 0.05) is 33.0 Å². The lowest BCUT2D eigenvalue weighted by molar-refractivity contribution is -0.150. The van der Waals surface area contributed by atoms with Crippen LogP contribution in [-0.2, 0) is 19.1 Å². The fourth-order valence-electron chi connectivity index (χ4n) is 1.61. The van der Waals surface area contributed by atoms with E-state index in [1.54, 1.807) is 7.11 Å². The van der Waals surface area contributed by atoms with Crippen molar-refractivity contribution < 1.29 is 24.2 Å². The molecule has 0 rings (SSSR count). The SMILES string of the molecule is CCCC(=O)O[C@@H](CCCCC(=O)O)CCOC. The maximum absolute atomic E-state index is 11.4. The van der Waals surface area contributed by atoms with Crippen LogP contribution in [0.15, 0.2) is 0 Å². The van der Waals surface area contributed by atoms with Gasteiger partial charge in [-0.2, -0.15) is 0 Å². The molecule has 0 heterocycles. The highest BCUT2D eigenvalue weighted by Gasteiger charge is 2.13. The summed E-state index contributed by atoms with van der Waals surface area (Å²) < 4.78 is 10.3. The number of hydrogen-bond donors (Lipinski definition) is 1. The van der Waals surface area contributed by atoms with Crippen LogP contribution in [0.25, 0.3) is 0 Å². The van der Waals surface area contributed by atoms with E-state index in [4.69, 9.17) is 14.6 Å². The second-order valence-corrected chi connectivity index (χ2v) is 4.28. The Morgan fingerprint density at radius 3 is 2.44 bits per heavy atom. The van der Waals surface area contributed by atoms with Crippen LogP contribution in [0.4, 0.5) is 0 Å². The standard InChI is InChI=1S/C13H24O5/c1-3-6-13(16)18-11(9-10-17-2)7-4-5-8-12(14)15/h11H,3-10H2,1-2H3,(H,14,15)/t11-/m0/s1.